The SMILES string of the molecule is CCS(=O)(=O)c1ccc(CNC(=O)c2ccc3c(c2)cc(Cc2ccccc2C#N)n3C(C)C)cc1. The van der Waals surface area contributed by atoms with Crippen molar-refractivity contribution in [2.45, 2.75) is 44.7 Å². The lowest BCUT2D eigenvalue weighted by molar-refractivity contribution is 0.0951. The molecule has 184 valence electrons. The van der Waals surface area contributed by atoms with E-state index in [2.05, 4.69) is 35.9 Å². The third kappa shape index (κ3) is 5.19. The van der Waals surface area contributed by atoms with Crippen molar-refractivity contribution >= 4 is 26.6 Å². The maximum Gasteiger partial charge on any atom is 0.251 e. The molecule has 6 nitrogen and oxygen atoms in total. The first-order valence-electron chi connectivity index (χ1n) is 11.9. The second-order valence-corrected chi connectivity index (χ2v) is 11.3. The summed E-state index contributed by atoms with van der Waals surface area (Å²) in [5.41, 5.74) is 5.14. The average molecular weight is 500 g/mol. The number of carbonyl (C=O) groups is 1. The van der Waals surface area contributed by atoms with Crippen LogP contribution >= 0.6 is 0 Å². The van der Waals surface area contributed by atoms with Crippen LogP contribution in [-0.4, -0.2) is 24.6 Å². The number of hydrogen-bond acceptors (Lipinski definition) is 4. The normalized spacial score (nSPS) is 11.5. The minimum atomic E-state index is -3.25. The fraction of sp³-hybridized carbons (Fsp3) is 0.241. The molecule has 3 aromatic carbocycles. The average Bonchev–Trinajstić information content (AvgIpc) is 3.25. The van der Waals surface area contributed by atoms with Crippen molar-refractivity contribution in [1.82, 2.24) is 9.88 Å². The van der Waals surface area contributed by atoms with Crippen molar-refractivity contribution in [2.75, 3.05) is 5.75 Å². The van der Waals surface area contributed by atoms with Crippen LogP contribution in [0.3, 0.4) is 0 Å². The van der Waals surface area contributed by atoms with Crippen molar-refractivity contribution in [3.8, 4) is 6.07 Å². The lowest BCUT2D eigenvalue weighted by Crippen LogP contribution is -2.22. The molecule has 0 fully saturated rings. The lowest BCUT2D eigenvalue weighted by Gasteiger charge is -2.15. The zero-order chi connectivity index (χ0) is 25.9. The van der Waals surface area contributed by atoms with Crippen molar-refractivity contribution in [3.05, 3.63) is 101 Å². The Kier molecular flexibility index (Phi) is 7.27. The Hall–Kier alpha value is -3.89. The smallest absolute Gasteiger partial charge is 0.251 e. The maximum atomic E-state index is 12.9. The summed E-state index contributed by atoms with van der Waals surface area (Å²) in [5.74, 6) is -0.146. The quantitative estimate of drug-likeness (QED) is 0.351. The first kappa shape index (κ1) is 25.2. The van der Waals surface area contributed by atoms with Gasteiger partial charge in [0.05, 0.1) is 22.3 Å². The molecule has 1 N–H and O–H groups in total. The first-order chi connectivity index (χ1) is 17.2. The van der Waals surface area contributed by atoms with E-state index in [0.717, 1.165) is 27.7 Å². The van der Waals surface area contributed by atoms with Gasteiger partial charge in [-0.1, -0.05) is 37.3 Å². The van der Waals surface area contributed by atoms with Crippen LogP contribution in [0.4, 0.5) is 0 Å². The summed E-state index contributed by atoms with van der Waals surface area (Å²) < 4.78 is 26.2. The summed E-state index contributed by atoms with van der Waals surface area (Å²) in [6.07, 6.45) is 0.627. The van der Waals surface area contributed by atoms with Crippen molar-refractivity contribution < 1.29 is 13.2 Å². The van der Waals surface area contributed by atoms with Gasteiger partial charge in [-0.3, -0.25) is 4.79 Å². The number of nitrogens with zero attached hydrogens (tertiary/aromatic N) is 2. The first-order valence-corrected chi connectivity index (χ1v) is 13.6. The zero-order valence-electron chi connectivity index (χ0n) is 20.7. The Morgan fingerprint density at radius 2 is 1.75 bits per heavy atom. The van der Waals surface area contributed by atoms with Crippen LogP contribution < -0.4 is 5.32 Å². The number of sulfone groups is 1. The molecular weight excluding hydrogens is 470 g/mol. The number of aromatic nitrogens is 1. The van der Waals surface area contributed by atoms with Gasteiger partial charge in [0.1, 0.15) is 0 Å². The number of carbonyl (C=O) groups excluding carboxylic acids is 1. The maximum absolute atomic E-state index is 12.9. The molecule has 0 aliphatic heterocycles. The molecule has 36 heavy (non-hydrogen) atoms. The van der Waals surface area contributed by atoms with E-state index in [1.165, 1.54) is 0 Å². The highest BCUT2D eigenvalue weighted by atomic mass is 32.2. The van der Waals surface area contributed by atoms with Crippen LogP contribution in [-0.2, 0) is 22.8 Å². The number of benzene rings is 3. The third-order valence-electron chi connectivity index (χ3n) is 6.32. The highest BCUT2D eigenvalue weighted by molar-refractivity contribution is 7.91. The van der Waals surface area contributed by atoms with Gasteiger partial charge >= 0.3 is 0 Å². The fourth-order valence-electron chi connectivity index (χ4n) is 4.42. The van der Waals surface area contributed by atoms with Crippen LogP contribution in [0.15, 0.2) is 77.7 Å². The molecule has 7 heteroatoms. The van der Waals surface area contributed by atoms with Crippen LogP contribution in [0, 0.1) is 11.3 Å². The molecule has 0 atom stereocenters. The molecule has 0 aliphatic rings. The Balaban J connectivity index is 1.55. The van der Waals surface area contributed by atoms with Gasteiger partial charge in [-0.25, -0.2) is 8.42 Å². The Labute approximate surface area is 212 Å². The standard InChI is InChI=1S/C29H29N3O3S/c1-4-36(34,35)27-12-9-21(10-13-27)19-31-29(33)23-11-14-28-25(15-23)17-26(32(28)20(2)3)16-22-7-5-6-8-24(22)18-30/h5-15,17,20H,4,16,19H2,1-3H3,(H,31,33). The van der Waals surface area contributed by atoms with Crippen LogP contribution in [0.1, 0.15) is 59.6 Å². The molecule has 4 aromatic rings. The van der Waals surface area contributed by atoms with Crippen LogP contribution in [0.5, 0.6) is 0 Å². The molecule has 0 saturated carbocycles. The van der Waals surface area contributed by atoms with Gasteiger partial charge in [-0.2, -0.15) is 5.26 Å². The van der Waals surface area contributed by atoms with E-state index in [0.29, 0.717) is 24.1 Å². The third-order valence-corrected chi connectivity index (χ3v) is 8.07. The number of nitriles is 1. The molecular formula is C29H29N3O3S. The van der Waals surface area contributed by atoms with E-state index < -0.39 is 9.84 Å². The molecule has 1 amide bonds. The summed E-state index contributed by atoms with van der Waals surface area (Å²) in [5, 5.41) is 13.4. The van der Waals surface area contributed by atoms with E-state index in [9.17, 15) is 18.5 Å². The van der Waals surface area contributed by atoms with Gasteiger partial charge in [-0.05, 0) is 67.4 Å². The molecule has 0 radical (unpaired) electrons. The molecule has 1 heterocycles. The van der Waals surface area contributed by atoms with Gasteiger partial charge < -0.3 is 9.88 Å². The fourth-order valence-corrected chi connectivity index (χ4v) is 5.31. The molecule has 0 unspecified atom stereocenters. The molecule has 1 aromatic heterocycles. The minimum absolute atomic E-state index is 0.0522. The second kappa shape index (κ2) is 10.4. The summed E-state index contributed by atoms with van der Waals surface area (Å²) in [7, 11) is -3.25. The van der Waals surface area contributed by atoms with E-state index in [4.69, 9.17) is 0 Å². The zero-order valence-corrected chi connectivity index (χ0v) is 21.5. The number of nitrogens with one attached hydrogen (secondary N) is 1. The molecule has 0 spiro atoms. The van der Waals surface area contributed by atoms with Gasteiger partial charge in [0.2, 0.25) is 0 Å². The largest absolute Gasteiger partial charge is 0.348 e. The Bertz CT molecular complexity index is 1560. The number of fused-ring (bicyclic) bond motifs is 1. The van der Waals surface area contributed by atoms with E-state index in [-0.39, 0.29) is 22.6 Å². The van der Waals surface area contributed by atoms with Gasteiger partial charge in [-0.15, -0.1) is 0 Å². The second-order valence-electron chi connectivity index (χ2n) is 9.05. The summed E-state index contributed by atoms with van der Waals surface area (Å²) >= 11 is 0. The number of hydrogen-bond donors (Lipinski definition) is 1. The van der Waals surface area contributed by atoms with E-state index in [1.807, 2.05) is 42.5 Å². The highest BCUT2D eigenvalue weighted by Gasteiger charge is 2.16. The van der Waals surface area contributed by atoms with Crippen molar-refractivity contribution in [1.29, 1.82) is 5.26 Å². The molecule has 0 aliphatic carbocycles. The molecule has 4 rings (SSSR count). The van der Waals surface area contributed by atoms with Gasteiger partial charge in [0.25, 0.3) is 5.91 Å². The van der Waals surface area contributed by atoms with E-state index in [1.54, 1.807) is 31.2 Å². The Morgan fingerprint density at radius 1 is 1.03 bits per heavy atom. The van der Waals surface area contributed by atoms with Crippen LogP contribution in [0.2, 0.25) is 0 Å². The van der Waals surface area contributed by atoms with Crippen molar-refractivity contribution in [2.24, 2.45) is 0 Å². The summed E-state index contributed by atoms with van der Waals surface area (Å²) in [6.45, 7) is 6.16. The van der Waals surface area contributed by atoms with Gasteiger partial charge in [0, 0.05) is 41.2 Å². The lowest BCUT2D eigenvalue weighted by atomic mass is 10.0. The number of rotatable bonds is 8. The molecule has 0 bridgehead atoms. The Morgan fingerprint density at radius 3 is 2.42 bits per heavy atom. The summed E-state index contributed by atoms with van der Waals surface area (Å²) in [4.78, 5) is 13.2. The van der Waals surface area contributed by atoms with Crippen LogP contribution in [0.25, 0.3) is 10.9 Å². The summed E-state index contributed by atoms with van der Waals surface area (Å²) in [6, 6.07) is 24.5. The minimum Gasteiger partial charge on any atom is -0.348 e. The number of amides is 1. The predicted molar refractivity (Wildman–Crippen MR) is 142 cm³/mol. The van der Waals surface area contributed by atoms with Crippen molar-refractivity contribution in [3.63, 3.8) is 0 Å². The molecule has 0 saturated heterocycles. The monoisotopic (exact) mass is 499 g/mol. The topological polar surface area (TPSA) is 92.0 Å². The van der Waals surface area contributed by atoms with E-state index >= 15 is 0 Å². The predicted octanol–water partition coefficient (Wildman–Crippen LogP) is 5.41. The highest BCUT2D eigenvalue weighted by Crippen LogP contribution is 2.28. The van der Waals surface area contributed by atoms with Gasteiger partial charge in [0.15, 0.2) is 9.84 Å².